The second kappa shape index (κ2) is 5.34. The van der Waals surface area contributed by atoms with E-state index in [-0.39, 0.29) is 5.56 Å². The van der Waals surface area contributed by atoms with Crippen molar-refractivity contribution in [1.82, 2.24) is 30.0 Å². The number of nitrogens with zero attached hydrogens (tertiary/aromatic N) is 4. The number of piperidine rings is 1. The Morgan fingerprint density at radius 2 is 2.09 bits per heavy atom. The Morgan fingerprint density at radius 3 is 2.95 bits per heavy atom. The maximum absolute atomic E-state index is 11.9. The molecule has 0 radical (unpaired) electrons. The molecule has 3 aromatic heterocycles. The minimum Gasteiger partial charge on any atom is -0.317 e. The number of hydrogen-bond donors (Lipinski definition) is 2. The minimum atomic E-state index is -0.167. The lowest BCUT2D eigenvalue weighted by molar-refractivity contribution is 0.460. The maximum Gasteiger partial charge on any atom is 0.258 e. The normalized spacial score (nSPS) is 16.2. The Labute approximate surface area is 126 Å². The van der Waals surface area contributed by atoms with Crippen LogP contribution in [0.4, 0.5) is 0 Å². The summed E-state index contributed by atoms with van der Waals surface area (Å²) in [6, 6.07) is 1.67. The average Bonchev–Trinajstić information content (AvgIpc) is 3.05. The molecule has 0 unspecified atom stereocenters. The van der Waals surface area contributed by atoms with Crippen molar-refractivity contribution >= 4 is 10.9 Å². The monoisotopic (exact) mass is 296 g/mol. The number of rotatable bonds is 2. The number of H-pyrrole nitrogens is 1. The van der Waals surface area contributed by atoms with Gasteiger partial charge in [0.2, 0.25) is 0 Å². The summed E-state index contributed by atoms with van der Waals surface area (Å²) < 4.78 is 1.71. The summed E-state index contributed by atoms with van der Waals surface area (Å²) in [7, 11) is 0. The fraction of sp³-hybridized carbons (Fsp3) is 0.333. The van der Waals surface area contributed by atoms with Gasteiger partial charge in [-0.2, -0.15) is 5.10 Å². The van der Waals surface area contributed by atoms with Gasteiger partial charge in [0.25, 0.3) is 5.56 Å². The molecular weight excluding hydrogens is 280 g/mol. The fourth-order valence-electron chi connectivity index (χ4n) is 2.97. The molecule has 0 spiro atoms. The first-order valence-electron chi connectivity index (χ1n) is 7.41. The number of nitrogens with one attached hydrogen (secondary N) is 2. The zero-order chi connectivity index (χ0) is 14.9. The maximum atomic E-state index is 11.9. The number of fused-ring (bicyclic) bond motifs is 1. The highest BCUT2D eigenvalue weighted by Crippen LogP contribution is 2.25. The lowest BCUT2D eigenvalue weighted by Crippen LogP contribution is -2.26. The van der Waals surface area contributed by atoms with E-state index < -0.39 is 0 Å². The Morgan fingerprint density at radius 1 is 1.23 bits per heavy atom. The van der Waals surface area contributed by atoms with Crippen molar-refractivity contribution in [3.63, 3.8) is 0 Å². The van der Waals surface area contributed by atoms with Crippen molar-refractivity contribution in [1.29, 1.82) is 0 Å². The minimum absolute atomic E-state index is 0.167. The summed E-state index contributed by atoms with van der Waals surface area (Å²) in [6.07, 6.45) is 9.14. The standard InChI is InChI=1S/C15H16N6O/c22-15-12-3-6-17-14(13(12)18-9-19-15)21-8-11(7-20-21)10-1-4-16-5-2-10/h3,6-10,16H,1-2,4-5H2,(H,18,19,22). The molecule has 1 aliphatic heterocycles. The van der Waals surface area contributed by atoms with Crippen LogP contribution in [0.15, 0.2) is 35.8 Å². The Bertz CT molecular complexity index is 862. The Hall–Kier alpha value is -2.54. The van der Waals surface area contributed by atoms with Gasteiger partial charge < -0.3 is 10.3 Å². The second-order valence-corrected chi connectivity index (χ2v) is 5.50. The van der Waals surface area contributed by atoms with E-state index in [1.165, 1.54) is 11.9 Å². The highest BCUT2D eigenvalue weighted by atomic mass is 16.1. The molecule has 7 heteroatoms. The molecular formula is C15H16N6O. The first-order chi connectivity index (χ1) is 10.8. The zero-order valence-corrected chi connectivity index (χ0v) is 12.0. The van der Waals surface area contributed by atoms with Crippen LogP contribution in [0.1, 0.15) is 24.3 Å². The van der Waals surface area contributed by atoms with E-state index in [0.29, 0.717) is 22.6 Å². The van der Waals surface area contributed by atoms with Gasteiger partial charge in [-0.15, -0.1) is 0 Å². The van der Waals surface area contributed by atoms with E-state index in [1.54, 1.807) is 16.9 Å². The largest absolute Gasteiger partial charge is 0.317 e. The van der Waals surface area contributed by atoms with Gasteiger partial charge in [-0.05, 0) is 43.5 Å². The predicted octanol–water partition coefficient (Wildman–Crippen LogP) is 0.971. The fourth-order valence-corrected chi connectivity index (χ4v) is 2.97. The summed E-state index contributed by atoms with van der Waals surface area (Å²) in [5.41, 5.74) is 1.61. The lowest BCUT2D eigenvalue weighted by atomic mass is 9.93. The number of pyridine rings is 1. The van der Waals surface area contributed by atoms with Crippen LogP contribution in [0, 0.1) is 0 Å². The van der Waals surface area contributed by atoms with Gasteiger partial charge in [0.1, 0.15) is 5.52 Å². The molecule has 0 aliphatic carbocycles. The number of aromatic nitrogens is 5. The molecule has 7 nitrogen and oxygen atoms in total. The zero-order valence-electron chi connectivity index (χ0n) is 12.0. The summed E-state index contributed by atoms with van der Waals surface area (Å²) in [5.74, 6) is 1.12. The molecule has 22 heavy (non-hydrogen) atoms. The molecule has 0 atom stereocenters. The van der Waals surface area contributed by atoms with Crippen molar-refractivity contribution in [2.24, 2.45) is 0 Å². The van der Waals surface area contributed by atoms with Crippen molar-refractivity contribution < 1.29 is 0 Å². The van der Waals surface area contributed by atoms with Crippen LogP contribution < -0.4 is 10.9 Å². The van der Waals surface area contributed by atoms with Gasteiger partial charge in [0, 0.05) is 12.4 Å². The highest BCUT2D eigenvalue weighted by Gasteiger charge is 2.18. The van der Waals surface area contributed by atoms with Gasteiger partial charge in [0.05, 0.1) is 17.9 Å². The van der Waals surface area contributed by atoms with Crippen molar-refractivity contribution in [2.75, 3.05) is 13.1 Å². The van der Waals surface area contributed by atoms with Gasteiger partial charge in [-0.3, -0.25) is 4.79 Å². The van der Waals surface area contributed by atoms with Gasteiger partial charge in [0.15, 0.2) is 5.82 Å². The van der Waals surface area contributed by atoms with Crippen LogP contribution in [0.5, 0.6) is 0 Å². The molecule has 2 N–H and O–H groups in total. The molecule has 4 rings (SSSR count). The number of hydrogen-bond acceptors (Lipinski definition) is 5. The van der Waals surface area contributed by atoms with E-state index in [2.05, 4.69) is 25.4 Å². The summed E-state index contributed by atoms with van der Waals surface area (Å²) >= 11 is 0. The van der Waals surface area contributed by atoms with Crippen LogP contribution in [0.3, 0.4) is 0 Å². The quantitative estimate of drug-likeness (QED) is 0.735. The van der Waals surface area contributed by atoms with Crippen LogP contribution in [-0.4, -0.2) is 37.8 Å². The van der Waals surface area contributed by atoms with Crippen LogP contribution in [-0.2, 0) is 0 Å². The van der Waals surface area contributed by atoms with E-state index in [1.807, 2.05) is 12.4 Å². The van der Waals surface area contributed by atoms with Crippen molar-refractivity contribution in [3.8, 4) is 5.82 Å². The molecule has 4 heterocycles. The summed E-state index contributed by atoms with van der Waals surface area (Å²) in [6.45, 7) is 2.08. The molecule has 1 saturated heterocycles. The average molecular weight is 296 g/mol. The Balaban J connectivity index is 1.78. The molecule has 0 bridgehead atoms. The van der Waals surface area contributed by atoms with Gasteiger partial charge >= 0.3 is 0 Å². The molecule has 0 saturated carbocycles. The molecule has 1 aliphatic rings. The topological polar surface area (TPSA) is 88.5 Å². The highest BCUT2D eigenvalue weighted by molar-refractivity contribution is 5.83. The molecule has 0 aromatic carbocycles. The third-order valence-corrected chi connectivity index (χ3v) is 4.17. The Kier molecular flexibility index (Phi) is 3.19. The van der Waals surface area contributed by atoms with Crippen LogP contribution in [0.2, 0.25) is 0 Å². The second-order valence-electron chi connectivity index (χ2n) is 5.50. The van der Waals surface area contributed by atoms with Crippen LogP contribution >= 0.6 is 0 Å². The van der Waals surface area contributed by atoms with Crippen molar-refractivity contribution in [2.45, 2.75) is 18.8 Å². The van der Waals surface area contributed by atoms with Gasteiger partial charge in [-0.25, -0.2) is 14.6 Å². The van der Waals surface area contributed by atoms with E-state index in [9.17, 15) is 4.79 Å². The first-order valence-corrected chi connectivity index (χ1v) is 7.41. The summed E-state index contributed by atoms with van der Waals surface area (Å²) in [4.78, 5) is 23.0. The first kappa shape index (κ1) is 13.1. The van der Waals surface area contributed by atoms with E-state index in [0.717, 1.165) is 25.9 Å². The molecule has 1 fully saturated rings. The third kappa shape index (κ3) is 2.19. The van der Waals surface area contributed by atoms with Crippen LogP contribution in [0.25, 0.3) is 16.7 Å². The summed E-state index contributed by atoms with van der Waals surface area (Å²) in [5, 5.41) is 8.31. The van der Waals surface area contributed by atoms with E-state index >= 15 is 0 Å². The predicted molar refractivity (Wildman–Crippen MR) is 82.1 cm³/mol. The molecule has 3 aromatic rings. The SMILES string of the molecule is O=c1[nH]cnc2c(-n3cc(C4CCNCC4)cn3)nccc12. The van der Waals surface area contributed by atoms with Gasteiger partial charge in [-0.1, -0.05) is 0 Å². The van der Waals surface area contributed by atoms with Crippen molar-refractivity contribution in [3.05, 3.63) is 46.9 Å². The molecule has 112 valence electrons. The van der Waals surface area contributed by atoms with E-state index in [4.69, 9.17) is 0 Å². The third-order valence-electron chi connectivity index (χ3n) is 4.17. The lowest BCUT2D eigenvalue weighted by Gasteiger charge is -2.21. The smallest absolute Gasteiger partial charge is 0.258 e. The molecule has 0 amide bonds. The number of aromatic amines is 1.